The summed E-state index contributed by atoms with van der Waals surface area (Å²) >= 11 is 0. The molecule has 13 heteroatoms. The minimum atomic E-state index is -5.08. The molecule has 1 aliphatic heterocycles. The zero-order chi connectivity index (χ0) is 39.2. The van der Waals surface area contributed by atoms with Crippen LogP contribution in [0.3, 0.4) is 0 Å². The molecule has 1 aliphatic rings. The van der Waals surface area contributed by atoms with Crippen molar-refractivity contribution in [2.45, 2.75) is 224 Å². The van der Waals surface area contributed by atoms with Gasteiger partial charge in [0.15, 0.2) is 6.29 Å². The topological polar surface area (TPSA) is 192 Å². The van der Waals surface area contributed by atoms with Crippen molar-refractivity contribution in [3.63, 3.8) is 0 Å². The molecule has 0 saturated carbocycles. The van der Waals surface area contributed by atoms with Gasteiger partial charge in [-0.2, -0.15) is 8.42 Å². The first-order valence-electron chi connectivity index (χ1n) is 21.1. The highest BCUT2D eigenvalue weighted by atomic mass is 32.3. The van der Waals surface area contributed by atoms with Gasteiger partial charge in [0.2, 0.25) is 5.91 Å². The number of carbonyl (C=O) groups excluding carboxylic acids is 1. The minimum Gasteiger partial charge on any atom is -0.394 e. The SMILES string of the molecule is CCCCCCCCCCCCCC=C[C@@H](O)[C@H](CO[C@@H]1O[C@H](CO)[C@H](O)[C@H](OS(=O)(=O)O)[C@H]1O)NC(=O)CCCCCCCCCCCCCCC. The van der Waals surface area contributed by atoms with E-state index in [0.29, 0.717) is 6.42 Å². The van der Waals surface area contributed by atoms with Gasteiger partial charge < -0.3 is 35.2 Å². The summed E-state index contributed by atoms with van der Waals surface area (Å²) in [5.41, 5.74) is 0. The average Bonchev–Trinajstić information content (AvgIpc) is 3.12. The van der Waals surface area contributed by atoms with E-state index in [1.807, 2.05) is 6.08 Å². The lowest BCUT2D eigenvalue weighted by molar-refractivity contribution is -0.298. The van der Waals surface area contributed by atoms with Crippen LogP contribution in [0.4, 0.5) is 0 Å². The Morgan fingerprint density at radius 1 is 0.736 bits per heavy atom. The van der Waals surface area contributed by atoms with E-state index < -0.39 is 59.9 Å². The van der Waals surface area contributed by atoms with Crippen LogP contribution < -0.4 is 5.32 Å². The lowest BCUT2D eigenvalue weighted by Gasteiger charge is -2.41. The predicted molar refractivity (Wildman–Crippen MR) is 209 cm³/mol. The zero-order valence-electron chi connectivity index (χ0n) is 33.1. The van der Waals surface area contributed by atoms with Crippen molar-refractivity contribution < 1.29 is 51.8 Å². The molecular formula is C40H77NO11S. The first-order valence-corrected chi connectivity index (χ1v) is 22.4. The third-order valence-electron chi connectivity index (χ3n) is 10.1. The third-order valence-corrected chi connectivity index (χ3v) is 10.5. The Labute approximate surface area is 321 Å². The molecule has 0 unspecified atom stereocenters. The molecule has 0 aromatic rings. The third kappa shape index (κ3) is 25.6. The number of allylic oxidation sites excluding steroid dienone is 1. The van der Waals surface area contributed by atoms with Crippen LogP contribution in [0.2, 0.25) is 0 Å². The molecule has 0 aromatic heterocycles. The van der Waals surface area contributed by atoms with Crippen LogP contribution in [0.15, 0.2) is 12.2 Å². The number of ether oxygens (including phenoxy) is 2. The van der Waals surface area contributed by atoms with Crippen molar-refractivity contribution in [3.05, 3.63) is 12.2 Å². The Morgan fingerprint density at radius 2 is 1.19 bits per heavy atom. The van der Waals surface area contributed by atoms with Gasteiger partial charge in [0, 0.05) is 6.42 Å². The maximum Gasteiger partial charge on any atom is 0.397 e. The summed E-state index contributed by atoms with van der Waals surface area (Å²) < 4.78 is 47.4. The standard InChI is InChI=1S/C40H77NO11S/c1-3-5-7-9-11-13-15-17-19-21-23-25-27-29-34(43)33(32-50-40-38(46)39(52-53(47,48)49)37(45)35(31-42)51-40)41-36(44)30-28-26-24-22-20-18-16-14-12-10-8-6-4-2/h27,29,33-35,37-40,42-43,45-46H,3-26,28,30-32H2,1-2H3,(H,41,44)(H,47,48,49)/t33-,34+,35+,37-,38+,39-,40+/m0/s1. The molecule has 1 saturated heterocycles. The normalized spacial score (nSPS) is 22.0. The number of amides is 1. The van der Waals surface area contributed by atoms with Gasteiger partial charge in [-0.15, -0.1) is 0 Å². The largest absolute Gasteiger partial charge is 0.397 e. The Kier molecular flexibility index (Phi) is 30.1. The highest BCUT2D eigenvalue weighted by Crippen LogP contribution is 2.26. The van der Waals surface area contributed by atoms with E-state index in [9.17, 15) is 33.6 Å². The molecule has 53 heavy (non-hydrogen) atoms. The number of hydrogen-bond donors (Lipinski definition) is 6. The fourth-order valence-electron chi connectivity index (χ4n) is 6.75. The predicted octanol–water partition coefficient (Wildman–Crippen LogP) is 7.21. The van der Waals surface area contributed by atoms with E-state index in [1.54, 1.807) is 6.08 Å². The van der Waals surface area contributed by atoms with Crippen LogP contribution >= 0.6 is 0 Å². The number of hydrogen-bond acceptors (Lipinski definition) is 10. The molecule has 0 spiro atoms. The second-order valence-corrected chi connectivity index (χ2v) is 16.0. The van der Waals surface area contributed by atoms with Crippen LogP contribution in [0.5, 0.6) is 0 Å². The number of unbranched alkanes of at least 4 members (excludes halogenated alkanes) is 23. The van der Waals surface area contributed by atoms with Crippen molar-refractivity contribution in [1.82, 2.24) is 5.32 Å². The van der Waals surface area contributed by atoms with Gasteiger partial charge in [-0.05, 0) is 19.3 Å². The second kappa shape index (κ2) is 32.0. The minimum absolute atomic E-state index is 0.263. The van der Waals surface area contributed by atoms with Crippen molar-refractivity contribution in [2.75, 3.05) is 13.2 Å². The molecule has 314 valence electrons. The summed E-state index contributed by atoms with van der Waals surface area (Å²) in [5, 5.41) is 44.5. The monoisotopic (exact) mass is 780 g/mol. The van der Waals surface area contributed by atoms with Crippen molar-refractivity contribution in [3.8, 4) is 0 Å². The lowest BCUT2D eigenvalue weighted by atomic mass is 9.99. The molecular weight excluding hydrogens is 703 g/mol. The molecule has 1 fully saturated rings. The summed E-state index contributed by atoms with van der Waals surface area (Å²) in [5.74, 6) is -0.263. The lowest BCUT2D eigenvalue weighted by Crippen LogP contribution is -2.61. The summed E-state index contributed by atoms with van der Waals surface area (Å²) in [6.07, 6.45) is 23.9. The average molecular weight is 780 g/mol. The zero-order valence-corrected chi connectivity index (χ0v) is 33.9. The summed E-state index contributed by atoms with van der Waals surface area (Å²) in [6, 6.07) is -0.936. The van der Waals surface area contributed by atoms with Crippen molar-refractivity contribution in [1.29, 1.82) is 0 Å². The molecule has 1 rings (SSSR count). The van der Waals surface area contributed by atoms with Gasteiger partial charge in [-0.25, -0.2) is 4.18 Å². The molecule has 1 heterocycles. The molecule has 0 aromatic carbocycles. The number of aliphatic hydroxyl groups is 4. The van der Waals surface area contributed by atoms with Crippen molar-refractivity contribution in [2.24, 2.45) is 0 Å². The molecule has 0 aliphatic carbocycles. The smallest absolute Gasteiger partial charge is 0.394 e. The van der Waals surface area contributed by atoms with Crippen LogP contribution in [-0.2, 0) is 28.9 Å². The van der Waals surface area contributed by atoms with Crippen LogP contribution in [-0.4, -0.2) is 95.4 Å². The van der Waals surface area contributed by atoms with Crippen LogP contribution in [0.1, 0.15) is 181 Å². The number of nitrogens with one attached hydrogen (secondary N) is 1. The number of aliphatic hydroxyl groups excluding tert-OH is 4. The highest BCUT2D eigenvalue weighted by molar-refractivity contribution is 7.80. The van der Waals surface area contributed by atoms with E-state index >= 15 is 0 Å². The molecule has 1 amide bonds. The maximum atomic E-state index is 13.0. The van der Waals surface area contributed by atoms with E-state index in [-0.39, 0.29) is 18.9 Å². The first-order chi connectivity index (χ1) is 25.5. The fourth-order valence-corrected chi connectivity index (χ4v) is 7.26. The van der Waals surface area contributed by atoms with Gasteiger partial charge in [0.25, 0.3) is 0 Å². The van der Waals surface area contributed by atoms with E-state index in [1.165, 1.54) is 116 Å². The first kappa shape index (κ1) is 49.9. The molecule has 0 radical (unpaired) electrons. The fraction of sp³-hybridized carbons (Fsp3) is 0.925. The van der Waals surface area contributed by atoms with Gasteiger partial charge in [-0.3, -0.25) is 9.35 Å². The van der Waals surface area contributed by atoms with Gasteiger partial charge >= 0.3 is 10.4 Å². The quantitative estimate of drug-likeness (QED) is 0.0216. The Hall–Kier alpha value is -1.16. The Bertz CT molecular complexity index is 1010. The van der Waals surface area contributed by atoms with E-state index in [0.717, 1.165) is 38.5 Å². The molecule has 12 nitrogen and oxygen atoms in total. The maximum absolute atomic E-state index is 13.0. The molecule has 6 N–H and O–H groups in total. The van der Waals surface area contributed by atoms with Gasteiger partial charge in [-0.1, -0.05) is 167 Å². The second-order valence-electron chi connectivity index (χ2n) is 14.9. The van der Waals surface area contributed by atoms with Crippen molar-refractivity contribution >= 4 is 16.3 Å². The van der Waals surface area contributed by atoms with Gasteiger partial charge in [0.1, 0.15) is 24.4 Å². The van der Waals surface area contributed by atoms with Crippen LogP contribution in [0, 0.1) is 0 Å². The van der Waals surface area contributed by atoms with Crippen LogP contribution in [0.25, 0.3) is 0 Å². The summed E-state index contributed by atoms with van der Waals surface area (Å²) in [4.78, 5) is 13.0. The Balaban J connectivity index is 2.59. The number of rotatable bonds is 35. The summed E-state index contributed by atoms with van der Waals surface area (Å²) in [6.45, 7) is 3.36. The van der Waals surface area contributed by atoms with E-state index in [4.69, 9.17) is 14.0 Å². The highest BCUT2D eigenvalue weighted by Gasteiger charge is 2.48. The molecule has 7 atom stereocenters. The van der Waals surface area contributed by atoms with Gasteiger partial charge in [0.05, 0.1) is 25.4 Å². The molecule has 0 bridgehead atoms. The number of carbonyl (C=O) groups is 1. The summed E-state index contributed by atoms with van der Waals surface area (Å²) in [7, 11) is -5.08. The van der Waals surface area contributed by atoms with E-state index in [2.05, 4.69) is 23.3 Å². The Morgan fingerprint density at radius 3 is 1.64 bits per heavy atom.